The summed E-state index contributed by atoms with van der Waals surface area (Å²) in [6, 6.07) is 12.8. The first-order valence-corrected chi connectivity index (χ1v) is 9.89. The van der Waals surface area contributed by atoms with E-state index >= 15 is 0 Å². The molecule has 1 unspecified atom stereocenters. The average Bonchev–Trinajstić information content (AvgIpc) is 3.29. The summed E-state index contributed by atoms with van der Waals surface area (Å²) in [6.07, 6.45) is 0.0916. The van der Waals surface area contributed by atoms with Crippen molar-refractivity contribution in [3.05, 3.63) is 52.5 Å². The number of rotatable bonds is 5. The first-order valence-electron chi connectivity index (χ1n) is 8.70. The van der Waals surface area contributed by atoms with Gasteiger partial charge in [0.15, 0.2) is 0 Å². The van der Waals surface area contributed by atoms with E-state index in [4.69, 9.17) is 21.1 Å². The van der Waals surface area contributed by atoms with E-state index in [1.807, 2.05) is 24.3 Å². The predicted octanol–water partition coefficient (Wildman–Crippen LogP) is 4.05. The van der Waals surface area contributed by atoms with Crippen LogP contribution in [-0.4, -0.2) is 30.5 Å². The molecule has 1 aliphatic heterocycles. The average molecular weight is 417 g/mol. The number of benzene rings is 2. The lowest BCUT2D eigenvalue weighted by molar-refractivity contribution is -0.149. The molecule has 1 saturated heterocycles. The largest absolute Gasteiger partial charge is 0.495 e. The van der Waals surface area contributed by atoms with Crippen LogP contribution in [0.2, 0.25) is 5.02 Å². The number of carbonyl (C=O) groups is 2. The zero-order valence-electron chi connectivity index (χ0n) is 15.1. The fraction of sp³-hybridized carbons (Fsp3) is 0.250. The Morgan fingerprint density at radius 3 is 2.93 bits per heavy atom. The molecule has 1 amide bonds. The number of methoxy groups -OCH3 is 1. The molecule has 6 nitrogen and oxygen atoms in total. The van der Waals surface area contributed by atoms with E-state index in [0.29, 0.717) is 16.5 Å². The molecule has 1 aromatic heterocycles. The van der Waals surface area contributed by atoms with Gasteiger partial charge < -0.3 is 14.4 Å². The van der Waals surface area contributed by atoms with E-state index in [9.17, 15) is 9.59 Å². The summed E-state index contributed by atoms with van der Waals surface area (Å²) in [7, 11) is 1.52. The van der Waals surface area contributed by atoms with Crippen LogP contribution >= 0.6 is 22.9 Å². The van der Waals surface area contributed by atoms with E-state index in [-0.39, 0.29) is 25.5 Å². The molecule has 0 aliphatic carbocycles. The summed E-state index contributed by atoms with van der Waals surface area (Å²) in [5.74, 6) is -0.578. The zero-order chi connectivity index (χ0) is 19.7. The number of hydrogen-bond acceptors (Lipinski definition) is 6. The van der Waals surface area contributed by atoms with Crippen LogP contribution in [0.4, 0.5) is 5.69 Å². The molecule has 2 aromatic carbocycles. The fourth-order valence-corrected chi connectivity index (χ4v) is 4.25. The molecule has 144 valence electrons. The van der Waals surface area contributed by atoms with Gasteiger partial charge in [-0.25, -0.2) is 4.98 Å². The minimum atomic E-state index is -0.537. The van der Waals surface area contributed by atoms with E-state index in [0.717, 1.165) is 15.2 Å². The SMILES string of the molecule is COc1ccc(Cl)cc1N1CC(C(=O)OCc2nc3ccccc3s2)CC1=O. The summed E-state index contributed by atoms with van der Waals surface area (Å²) < 4.78 is 11.8. The lowest BCUT2D eigenvalue weighted by Crippen LogP contribution is -2.26. The number of fused-ring (bicyclic) bond motifs is 1. The number of para-hydroxylation sites is 1. The maximum absolute atomic E-state index is 12.5. The Bertz CT molecular complexity index is 1020. The van der Waals surface area contributed by atoms with Crippen molar-refractivity contribution in [3.63, 3.8) is 0 Å². The molecule has 0 radical (unpaired) electrons. The molecule has 3 aromatic rings. The third-order valence-corrected chi connectivity index (χ3v) is 5.81. The van der Waals surface area contributed by atoms with Crippen molar-refractivity contribution < 1.29 is 19.1 Å². The number of halogens is 1. The van der Waals surface area contributed by atoms with Crippen molar-refractivity contribution in [3.8, 4) is 5.75 Å². The minimum absolute atomic E-state index is 0.0916. The smallest absolute Gasteiger partial charge is 0.311 e. The molecule has 28 heavy (non-hydrogen) atoms. The fourth-order valence-electron chi connectivity index (χ4n) is 3.20. The summed E-state index contributed by atoms with van der Waals surface area (Å²) >= 11 is 7.55. The van der Waals surface area contributed by atoms with Gasteiger partial charge in [-0.1, -0.05) is 23.7 Å². The highest BCUT2D eigenvalue weighted by Gasteiger charge is 2.37. The molecule has 0 saturated carbocycles. The van der Waals surface area contributed by atoms with Gasteiger partial charge in [0, 0.05) is 18.0 Å². The van der Waals surface area contributed by atoms with Crippen LogP contribution in [0.1, 0.15) is 11.4 Å². The number of thiazole rings is 1. The van der Waals surface area contributed by atoms with Crippen LogP contribution in [0, 0.1) is 5.92 Å². The van der Waals surface area contributed by atoms with E-state index in [1.165, 1.54) is 23.3 Å². The summed E-state index contributed by atoms with van der Waals surface area (Å²) in [4.78, 5) is 30.9. The van der Waals surface area contributed by atoms with Crippen molar-refractivity contribution in [1.29, 1.82) is 0 Å². The highest BCUT2D eigenvalue weighted by molar-refractivity contribution is 7.18. The Hall–Kier alpha value is -2.64. The lowest BCUT2D eigenvalue weighted by Gasteiger charge is -2.19. The van der Waals surface area contributed by atoms with E-state index in [2.05, 4.69) is 4.98 Å². The number of amides is 1. The third-order valence-electron chi connectivity index (χ3n) is 4.57. The highest BCUT2D eigenvalue weighted by atomic mass is 35.5. The molecule has 1 fully saturated rings. The zero-order valence-corrected chi connectivity index (χ0v) is 16.6. The van der Waals surface area contributed by atoms with Crippen molar-refractivity contribution in [2.75, 3.05) is 18.6 Å². The number of anilines is 1. The summed E-state index contributed by atoms with van der Waals surface area (Å²) in [5, 5.41) is 1.22. The van der Waals surface area contributed by atoms with Gasteiger partial charge in [-0.15, -0.1) is 11.3 Å². The molecule has 2 heterocycles. The normalized spacial score (nSPS) is 16.6. The van der Waals surface area contributed by atoms with Crippen LogP contribution in [0.25, 0.3) is 10.2 Å². The van der Waals surface area contributed by atoms with Crippen LogP contribution < -0.4 is 9.64 Å². The quantitative estimate of drug-likeness (QED) is 0.587. The van der Waals surface area contributed by atoms with E-state index in [1.54, 1.807) is 18.2 Å². The van der Waals surface area contributed by atoms with Gasteiger partial charge >= 0.3 is 5.97 Å². The topological polar surface area (TPSA) is 68.7 Å². The van der Waals surface area contributed by atoms with Crippen LogP contribution in [-0.2, 0) is 20.9 Å². The molecule has 1 atom stereocenters. The van der Waals surface area contributed by atoms with Crippen molar-refractivity contribution in [2.45, 2.75) is 13.0 Å². The first-order chi connectivity index (χ1) is 13.5. The number of hydrogen-bond donors (Lipinski definition) is 0. The second kappa shape index (κ2) is 7.77. The Labute approximate surface area is 170 Å². The Kier molecular flexibility index (Phi) is 5.19. The second-order valence-electron chi connectivity index (χ2n) is 6.40. The minimum Gasteiger partial charge on any atom is -0.495 e. The number of nitrogens with zero attached hydrogens (tertiary/aromatic N) is 2. The van der Waals surface area contributed by atoms with Crippen LogP contribution in [0.3, 0.4) is 0 Å². The van der Waals surface area contributed by atoms with Crippen molar-refractivity contribution >= 4 is 50.7 Å². The van der Waals surface area contributed by atoms with Crippen LogP contribution in [0.5, 0.6) is 5.75 Å². The molecule has 4 rings (SSSR count). The van der Waals surface area contributed by atoms with Crippen molar-refractivity contribution in [1.82, 2.24) is 4.98 Å². The molecular formula is C20H17ClN2O4S. The van der Waals surface area contributed by atoms with Gasteiger partial charge in [0.1, 0.15) is 17.4 Å². The molecule has 0 bridgehead atoms. The number of aromatic nitrogens is 1. The van der Waals surface area contributed by atoms with Gasteiger partial charge in [-0.2, -0.15) is 0 Å². The Balaban J connectivity index is 1.43. The second-order valence-corrected chi connectivity index (χ2v) is 7.96. The van der Waals surface area contributed by atoms with Gasteiger partial charge in [-0.3, -0.25) is 9.59 Å². The van der Waals surface area contributed by atoms with Gasteiger partial charge in [-0.05, 0) is 30.3 Å². The summed E-state index contributed by atoms with van der Waals surface area (Å²) in [6.45, 7) is 0.331. The standard InChI is InChI=1S/C20H17ClN2O4S/c1-26-16-7-6-13(21)9-15(16)23-10-12(8-19(23)24)20(25)27-11-18-22-14-4-2-3-5-17(14)28-18/h2-7,9,12H,8,10-11H2,1H3. The van der Waals surface area contributed by atoms with Crippen molar-refractivity contribution in [2.24, 2.45) is 5.92 Å². The van der Waals surface area contributed by atoms with Gasteiger partial charge in [0.05, 0.1) is 28.9 Å². The molecular weight excluding hydrogens is 400 g/mol. The monoisotopic (exact) mass is 416 g/mol. The summed E-state index contributed by atoms with van der Waals surface area (Å²) in [5.41, 5.74) is 1.44. The molecule has 0 N–H and O–H groups in total. The number of carbonyl (C=O) groups excluding carboxylic acids is 2. The lowest BCUT2D eigenvalue weighted by atomic mass is 10.1. The third kappa shape index (κ3) is 3.68. The number of esters is 1. The molecule has 0 spiro atoms. The maximum atomic E-state index is 12.5. The van der Waals surface area contributed by atoms with E-state index < -0.39 is 11.9 Å². The Morgan fingerprint density at radius 2 is 2.14 bits per heavy atom. The highest BCUT2D eigenvalue weighted by Crippen LogP contribution is 2.35. The predicted molar refractivity (Wildman–Crippen MR) is 108 cm³/mol. The first kappa shape index (κ1) is 18.7. The number of ether oxygens (including phenoxy) is 2. The molecule has 8 heteroatoms. The van der Waals surface area contributed by atoms with Crippen LogP contribution in [0.15, 0.2) is 42.5 Å². The van der Waals surface area contributed by atoms with Gasteiger partial charge in [0.25, 0.3) is 0 Å². The van der Waals surface area contributed by atoms with Gasteiger partial charge in [0.2, 0.25) is 5.91 Å². The molecule has 1 aliphatic rings. The Morgan fingerprint density at radius 1 is 1.32 bits per heavy atom. The maximum Gasteiger partial charge on any atom is 0.311 e.